The number of carbonyl (C=O) groups is 1. The molecule has 2 N–H and O–H groups in total. The highest BCUT2D eigenvalue weighted by molar-refractivity contribution is 5.78. The topological polar surface area (TPSA) is 61.8 Å². The summed E-state index contributed by atoms with van der Waals surface area (Å²) in [7, 11) is 1.65. The normalized spacial score (nSPS) is 31.9. The zero-order valence-electron chi connectivity index (χ0n) is 10.4. The highest BCUT2D eigenvalue weighted by Crippen LogP contribution is 2.37. The highest BCUT2D eigenvalue weighted by atomic mass is 16.5. The highest BCUT2D eigenvalue weighted by Gasteiger charge is 2.42. The van der Waals surface area contributed by atoms with Crippen molar-refractivity contribution in [1.82, 2.24) is 10.2 Å². The van der Waals surface area contributed by atoms with Crippen molar-refractivity contribution in [3.8, 4) is 0 Å². The Balaban J connectivity index is 1.71. The second kappa shape index (κ2) is 5.80. The molecule has 17 heavy (non-hydrogen) atoms. The van der Waals surface area contributed by atoms with Gasteiger partial charge in [0.15, 0.2) is 0 Å². The van der Waals surface area contributed by atoms with Gasteiger partial charge >= 0.3 is 0 Å². The SMILES string of the molecule is COCCNCC(=O)N1CC2CCC(O)C2C1. The van der Waals surface area contributed by atoms with Crippen LogP contribution >= 0.6 is 0 Å². The summed E-state index contributed by atoms with van der Waals surface area (Å²) in [6, 6.07) is 0. The van der Waals surface area contributed by atoms with Gasteiger partial charge in [0, 0.05) is 32.7 Å². The summed E-state index contributed by atoms with van der Waals surface area (Å²) in [5.74, 6) is 0.980. The van der Waals surface area contributed by atoms with Crippen molar-refractivity contribution < 1.29 is 14.6 Å². The van der Waals surface area contributed by atoms with Crippen LogP contribution in [0.4, 0.5) is 0 Å². The molecule has 1 amide bonds. The van der Waals surface area contributed by atoms with E-state index in [4.69, 9.17) is 4.74 Å². The number of aliphatic hydroxyl groups is 1. The number of methoxy groups -OCH3 is 1. The first-order chi connectivity index (χ1) is 8.22. The van der Waals surface area contributed by atoms with Gasteiger partial charge in [0.2, 0.25) is 5.91 Å². The van der Waals surface area contributed by atoms with Gasteiger partial charge in [-0.25, -0.2) is 0 Å². The Morgan fingerprint density at radius 3 is 3.00 bits per heavy atom. The maximum absolute atomic E-state index is 11.9. The molecular weight excluding hydrogens is 220 g/mol. The van der Waals surface area contributed by atoms with Gasteiger partial charge in [-0.05, 0) is 18.8 Å². The summed E-state index contributed by atoms with van der Waals surface area (Å²) in [6.07, 6.45) is 1.77. The average Bonchev–Trinajstić information content (AvgIpc) is 2.87. The minimum absolute atomic E-state index is 0.141. The van der Waals surface area contributed by atoms with Crippen LogP contribution in [0.2, 0.25) is 0 Å². The molecule has 0 aromatic rings. The largest absolute Gasteiger partial charge is 0.393 e. The predicted molar refractivity (Wildman–Crippen MR) is 63.5 cm³/mol. The number of rotatable bonds is 5. The van der Waals surface area contributed by atoms with Gasteiger partial charge in [-0.1, -0.05) is 0 Å². The molecule has 2 rings (SSSR count). The third kappa shape index (κ3) is 2.97. The van der Waals surface area contributed by atoms with Crippen molar-refractivity contribution in [1.29, 1.82) is 0 Å². The second-order valence-electron chi connectivity index (χ2n) is 5.04. The van der Waals surface area contributed by atoms with Crippen molar-refractivity contribution in [2.24, 2.45) is 11.8 Å². The number of amides is 1. The molecule has 2 aliphatic rings. The monoisotopic (exact) mass is 242 g/mol. The maximum Gasteiger partial charge on any atom is 0.236 e. The molecule has 5 nitrogen and oxygen atoms in total. The van der Waals surface area contributed by atoms with E-state index in [1.54, 1.807) is 7.11 Å². The van der Waals surface area contributed by atoms with Gasteiger partial charge < -0.3 is 20.1 Å². The molecule has 0 bridgehead atoms. The van der Waals surface area contributed by atoms with E-state index < -0.39 is 0 Å². The summed E-state index contributed by atoms with van der Waals surface area (Å²) in [5, 5.41) is 12.8. The Morgan fingerprint density at radius 1 is 1.47 bits per heavy atom. The Labute approximate surface area is 102 Å². The fourth-order valence-corrected chi connectivity index (χ4v) is 2.92. The molecule has 5 heteroatoms. The van der Waals surface area contributed by atoms with Crippen LogP contribution in [0, 0.1) is 11.8 Å². The van der Waals surface area contributed by atoms with Crippen LogP contribution in [0.3, 0.4) is 0 Å². The van der Waals surface area contributed by atoms with Crippen molar-refractivity contribution in [3.05, 3.63) is 0 Å². The van der Waals surface area contributed by atoms with Crippen LogP contribution < -0.4 is 5.32 Å². The Bertz CT molecular complexity index is 272. The van der Waals surface area contributed by atoms with Crippen molar-refractivity contribution in [3.63, 3.8) is 0 Å². The van der Waals surface area contributed by atoms with E-state index in [1.807, 2.05) is 4.90 Å². The summed E-state index contributed by atoms with van der Waals surface area (Å²) in [6.45, 7) is 3.25. The lowest BCUT2D eigenvalue weighted by Crippen LogP contribution is -2.38. The first-order valence-electron chi connectivity index (χ1n) is 6.38. The number of aliphatic hydroxyl groups excluding tert-OH is 1. The van der Waals surface area contributed by atoms with E-state index in [0.717, 1.165) is 25.9 Å². The zero-order chi connectivity index (χ0) is 12.3. The molecule has 1 saturated heterocycles. The molecule has 2 fully saturated rings. The van der Waals surface area contributed by atoms with Gasteiger partial charge in [0.05, 0.1) is 19.3 Å². The predicted octanol–water partition coefficient (Wildman–Crippen LogP) is -0.548. The Morgan fingerprint density at radius 2 is 2.29 bits per heavy atom. The fourth-order valence-electron chi connectivity index (χ4n) is 2.92. The lowest BCUT2D eigenvalue weighted by molar-refractivity contribution is -0.129. The molecular formula is C12H22N2O3. The Hall–Kier alpha value is -0.650. The van der Waals surface area contributed by atoms with E-state index in [1.165, 1.54) is 0 Å². The lowest BCUT2D eigenvalue weighted by Gasteiger charge is -2.18. The third-order valence-electron chi connectivity index (χ3n) is 3.93. The quantitative estimate of drug-likeness (QED) is 0.635. The van der Waals surface area contributed by atoms with Crippen LogP contribution in [0.25, 0.3) is 0 Å². The van der Waals surface area contributed by atoms with E-state index in [9.17, 15) is 9.90 Å². The van der Waals surface area contributed by atoms with Crippen molar-refractivity contribution in [2.45, 2.75) is 18.9 Å². The lowest BCUT2D eigenvalue weighted by atomic mass is 10.00. The number of hydrogen-bond donors (Lipinski definition) is 2. The minimum atomic E-state index is -0.195. The van der Waals surface area contributed by atoms with Crippen LogP contribution in [-0.2, 0) is 9.53 Å². The van der Waals surface area contributed by atoms with E-state index in [2.05, 4.69) is 5.32 Å². The molecule has 0 spiro atoms. The summed E-state index contributed by atoms with van der Waals surface area (Å²) in [4.78, 5) is 13.8. The first-order valence-corrected chi connectivity index (χ1v) is 6.38. The molecule has 1 saturated carbocycles. The second-order valence-corrected chi connectivity index (χ2v) is 5.04. The van der Waals surface area contributed by atoms with E-state index in [0.29, 0.717) is 31.5 Å². The number of nitrogens with zero attached hydrogens (tertiary/aromatic N) is 1. The van der Waals surface area contributed by atoms with Gasteiger partial charge in [0.25, 0.3) is 0 Å². The number of ether oxygens (including phenoxy) is 1. The van der Waals surface area contributed by atoms with E-state index >= 15 is 0 Å². The number of fused-ring (bicyclic) bond motifs is 1. The van der Waals surface area contributed by atoms with Crippen LogP contribution in [0.15, 0.2) is 0 Å². The summed E-state index contributed by atoms with van der Waals surface area (Å²) >= 11 is 0. The number of carbonyl (C=O) groups excluding carboxylic acids is 1. The molecule has 0 aromatic carbocycles. The molecule has 1 aliphatic carbocycles. The molecule has 3 atom stereocenters. The van der Waals surface area contributed by atoms with Gasteiger partial charge in [-0.2, -0.15) is 0 Å². The number of likely N-dealkylation sites (tertiary alicyclic amines) is 1. The molecule has 1 aliphatic heterocycles. The summed E-state index contributed by atoms with van der Waals surface area (Å²) < 4.78 is 4.90. The van der Waals surface area contributed by atoms with Crippen LogP contribution in [0.5, 0.6) is 0 Å². The van der Waals surface area contributed by atoms with Crippen molar-refractivity contribution >= 4 is 5.91 Å². The summed E-state index contributed by atoms with van der Waals surface area (Å²) in [5.41, 5.74) is 0. The third-order valence-corrected chi connectivity index (χ3v) is 3.93. The molecule has 0 radical (unpaired) electrons. The molecule has 0 aromatic heterocycles. The fraction of sp³-hybridized carbons (Fsp3) is 0.917. The average molecular weight is 242 g/mol. The standard InChI is InChI=1S/C12H22N2O3/c1-17-5-4-13-6-12(16)14-7-9-2-3-11(15)10(9)8-14/h9-11,13,15H,2-8H2,1H3. The van der Waals surface area contributed by atoms with Gasteiger partial charge in [-0.3, -0.25) is 4.79 Å². The molecule has 98 valence electrons. The molecule has 3 unspecified atom stereocenters. The van der Waals surface area contributed by atoms with Crippen molar-refractivity contribution in [2.75, 3.05) is 39.9 Å². The number of nitrogens with one attached hydrogen (secondary N) is 1. The smallest absolute Gasteiger partial charge is 0.236 e. The number of hydrogen-bond acceptors (Lipinski definition) is 4. The zero-order valence-corrected chi connectivity index (χ0v) is 10.4. The van der Waals surface area contributed by atoms with Crippen LogP contribution in [-0.4, -0.2) is 61.9 Å². The van der Waals surface area contributed by atoms with Gasteiger partial charge in [0.1, 0.15) is 0 Å². The van der Waals surface area contributed by atoms with E-state index in [-0.39, 0.29) is 12.0 Å². The molecule has 1 heterocycles. The maximum atomic E-state index is 11.9. The van der Waals surface area contributed by atoms with Gasteiger partial charge in [-0.15, -0.1) is 0 Å². The first kappa shape index (κ1) is 12.8. The minimum Gasteiger partial charge on any atom is -0.393 e. The van der Waals surface area contributed by atoms with Crippen LogP contribution in [0.1, 0.15) is 12.8 Å². The Kier molecular flexibility index (Phi) is 4.36.